The monoisotopic (exact) mass is 237 g/mol. The van der Waals surface area contributed by atoms with E-state index in [2.05, 4.69) is 20.7 Å². The van der Waals surface area contributed by atoms with Gasteiger partial charge in [-0.25, -0.2) is 9.67 Å². The topological polar surface area (TPSA) is 71.8 Å². The zero-order valence-corrected chi connectivity index (χ0v) is 10.1. The maximum absolute atomic E-state index is 11.4. The van der Waals surface area contributed by atoms with Crippen LogP contribution in [0.1, 0.15) is 32.0 Å². The SMILES string of the molecule is CCn1ncnc1CNCCC(=O)NC1CC1. The lowest BCUT2D eigenvalue weighted by Gasteiger charge is -2.06. The van der Waals surface area contributed by atoms with Crippen molar-refractivity contribution in [3.63, 3.8) is 0 Å². The molecule has 6 nitrogen and oxygen atoms in total. The quantitative estimate of drug-likeness (QED) is 0.658. The van der Waals surface area contributed by atoms with E-state index in [0.717, 1.165) is 25.2 Å². The molecule has 0 aliphatic heterocycles. The Morgan fingerprint density at radius 2 is 2.41 bits per heavy atom. The van der Waals surface area contributed by atoms with Gasteiger partial charge < -0.3 is 10.6 Å². The third-order valence-corrected chi connectivity index (χ3v) is 2.75. The summed E-state index contributed by atoms with van der Waals surface area (Å²) in [6.07, 6.45) is 4.36. The Kier molecular flexibility index (Phi) is 4.08. The van der Waals surface area contributed by atoms with Gasteiger partial charge in [-0.2, -0.15) is 5.10 Å². The summed E-state index contributed by atoms with van der Waals surface area (Å²) < 4.78 is 1.84. The number of aromatic nitrogens is 3. The minimum Gasteiger partial charge on any atom is -0.353 e. The van der Waals surface area contributed by atoms with Crippen LogP contribution in [0.5, 0.6) is 0 Å². The minimum atomic E-state index is 0.136. The third-order valence-electron chi connectivity index (χ3n) is 2.75. The van der Waals surface area contributed by atoms with Crippen LogP contribution in [-0.4, -0.2) is 33.3 Å². The first kappa shape index (κ1) is 12.0. The average Bonchev–Trinajstić information content (AvgIpc) is 3.01. The molecule has 17 heavy (non-hydrogen) atoms. The van der Waals surface area contributed by atoms with Gasteiger partial charge in [-0.05, 0) is 19.8 Å². The van der Waals surface area contributed by atoms with Gasteiger partial charge in [0.15, 0.2) is 0 Å². The number of amides is 1. The lowest BCUT2D eigenvalue weighted by Crippen LogP contribution is -2.29. The van der Waals surface area contributed by atoms with Crippen molar-refractivity contribution in [2.24, 2.45) is 0 Å². The summed E-state index contributed by atoms with van der Waals surface area (Å²) >= 11 is 0. The van der Waals surface area contributed by atoms with E-state index < -0.39 is 0 Å². The zero-order valence-electron chi connectivity index (χ0n) is 10.1. The van der Waals surface area contributed by atoms with Gasteiger partial charge in [0.2, 0.25) is 5.91 Å². The second-order valence-electron chi connectivity index (χ2n) is 4.26. The van der Waals surface area contributed by atoms with E-state index in [1.165, 1.54) is 0 Å². The molecule has 0 unspecified atom stereocenters. The Bertz CT molecular complexity index is 372. The molecule has 0 atom stereocenters. The Morgan fingerprint density at radius 1 is 1.59 bits per heavy atom. The Labute approximate surface area is 101 Å². The largest absolute Gasteiger partial charge is 0.353 e. The third kappa shape index (κ3) is 3.81. The molecule has 0 radical (unpaired) electrons. The summed E-state index contributed by atoms with van der Waals surface area (Å²) in [5, 5.41) is 10.2. The second-order valence-corrected chi connectivity index (χ2v) is 4.26. The molecule has 1 saturated carbocycles. The van der Waals surface area contributed by atoms with E-state index in [1.807, 2.05) is 11.6 Å². The molecular formula is C11H19N5O. The van der Waals surface area contributed by atoms with Crippen LogP contribution in [0, 0.1) is 0 Å². The molecule has 6 heteroatoms. The lowest BCUT2D eigenvalue weighted by molar-refractivity contribution is -0.121. The highest BCUT2D eigenvalue weighted by Crippen LogP contribution is 2.18. The molecular weight excluding hydrogens is 218 g/mol. The Hall–Kier alpha value is -1.43. The normalized spacial score (nSPS) is 14.9. The molecule has 94 valence electrons. The number of hydrogen-bond acceptors (Lipinski definition) is 4. The lowest BCUT2D eigenvalue weighted by atomic mass is 10.4. The predicted molar refractivity (Wildman–Crippen MR) is 63.2 cm³/mol. The predicted octanol–water partition coefficient (Wildman–Crippen LogP) is 0.0563. The summed E-state index contributed by atoms with van der Waals surface area (Å²) in [6.45, 7) is 4.18. The first-order valence-electron chi connectivity index (χ1n) is 6.16. The number of nitrogens with zero attached hydrogens (tertiary/aromatic N) is 3. The van der Waals surface area contributed by atoms with E-state index in [9.17, 15) is 4.79 Å². The summed E-state index contributed by atoms with van der Waals surface area (Å²) in [5.41, 5.74) is 0. The van der Waals surface area contributed by atoms with Crippen molar-refractivity contribution >= 4 is 5.91 Å². The first-order chi connectivity index (χ1) is 8.29. The van der Waals surface area contributed by atoms with Gasteiger partial charge in [0, 0.05) is 25.6 Å². The molecule has 0 aromatic carbocycles. The summed E-state index contributed by atoms with van der Waals surface area (Å²) in [6, 6.07) is 0.450. The van der Waals surface area contributed by atoms with Crippen molar-refractivity contribution in [3.8, 4) is 0 Å². The van der Waals surface area contributed by atoms with Crippen molar-refractivity contribution in [2.75, 3.05) is 6.54 Å². The van der Waals surface area contributed by atoms with Crippen molar-refractivity contribution < 1.29 is 4.79 Å². The molecule has 1 aliphatic rings. The standard InChI is InChI=1S/C11H19N5O/c1-2-16-10(13-8-14-16)7-12-6-5-11(17)15-9-3-4-9/h8-9,12H,2-7H2,1H3,(H,15,17). The van der Waals surface area contributed by atoms with Crippen LogP contribution in [0.3, 0.4) is 0 Å². The van der Waals surface area contributed by atoms with Crippen LogP contribution < -0.4 is 10.6 Å². The van der Waals surface area contributed by atoms with E-state index in [0.29, 0.717) is 25.6 Å². The second kappa shape index (κ2) is 5.77. The Balaban J connectivity index is 1.60. The number of aryl methyl sites for hydroxylation is 1. The van der Waals surface area contributed by atoms with Crippen LogP contribution in [-0.2, 0) is 17.9 Å². The van der Waals surface area contributed by atoms with Gasteiger partial charge in [-0.1, -0.05) is 0 Å². The summed E-state index contributed by atoms with van der Waals surface area (Å²) in [4.78, 5) is 15.5. The Morgan fingerprint density at radius 3 is 3.12 bits per heavy atom. The van der Waals surface area contributed by atoms with Gasteiger partial charge in [-0.15, -0.1) is 0 Å². The highest BCUT2D eigenvalue weighted by Gasteiger charge is 2.22. The molecule has 1 aromatic heterocycles. The van der Waals surface area contributed by atoms with Gasteiger partial charge in [0.25, 0.3) is 0 Å². The molecule has 0 bridgehead atoms. The van der Waals surface area contributed by atoms with Crippen molar-refractivity contribution in [1.82, 2.24) is 25.4 Å². The van der Waals surface area contributed by atoms with E-state index in [4.69, 9.17) is 0 Å². The summed E-state index contributed by atoms with van der Waals surface area (Å²) in [5.74, 6) is 1.05. The number of carbonyl (C=O) groups is 1. The number of hydrogen-bond donors (Lipinski definition) is 2. The van der Waals surface area contributed by atoms with Gasteiger partial charge in [0.1, 0.15) is 12.2 Å². The average molecular weight is 237 g/mol. The molecule has 1 aromatic rings. The molecule has 1 amide bonds. The molecule has 1 fully saturated rings. The highest BCUT2D eigenvalue weighted by molar-refractivity contribution is 5.76. The molecule has 1 heterocycles. The zero-order chi connectivity index (χ0) is 12.1. The van der Waals surface area contributed by atoms with Crippen molar-refractivity contribution in [1.29, 1.82) is 0 Å². The summed E-state index contributed by atoms with van der Waals surface area (Å²) in [7, 11) is 0. The van der Waals surface area contributed by atoms with Gasteiger partial charge in [-0.3, -0.25) is 4.79 Å². The van der Waals surface area contributed by atoms with Crippen LogP contribution in [0.4, 0.5) is 0 Å². The number of nitrogens with one attached hydrogen (secondary N) is 2. The van der Waals surface area contributed by atoms with E-state index in [1.54, 1.807) is 6.33 Å². The fourth-order valence-electron chi connectivity index (χ4n) is 1.62. The van der Waals surface area contributed by atoms with E-state index in [-0.39, 0.29) is 5.91 Å². The van der Waals surface area contributed by atoms with Crippen LogP contribution in [0.15, 0.2) is 6.33 Å². The minimum absolute atomic E-state index is 0.136. The van der Waals surface area contributed by atoms with Crippen LogP contribution in [0.25, 0.3) is 0 Å². The highest BCUT2D eigenvalue weighted by atomic mass is 16.1. The molecule has 2 rings (SSSR count). The molecule has 2 N–H and O–H groups in total. The smallest absolute Gasteiger partial charge is 0.221 e. The molecule has 1 aliphatic carbocycles. The van der Waals surface area contributed by atoms with Crippen LogP contribution >= 0.6 is 0 Å². The number of carbonyl (C=O) groups excluding carboxylic acids is 1. The maximum Gasteiger partial charge on any atom is 0.221 e. The first-order valence-corrected chi connectivity index (χ1v) is 6.16. The molecule has 0 spiro atoms. The van der Waals surface area contributed by atoms with Crippen LogP contribution in [0.2, 0.25) is 0 Å². The van der Waals surface area contributed by atoms with E-state index >= 15 is 0 Å². The number of rotatable bonds is 7. The van der Waals surface area contributed by atoms with Gasteiger partial charge >= 0.3 is 0 Å². The maximum atomic E-state index is 11.4. The fourth-order valence-corrected chi connectivity index (χ4v) is 1.62. The van der Waals surface area contributed by atoms with Crippen molar-refractivity contribution in [2.45, 2.75) is 45.3 Å². The molecule has 0 saturated heterocycles. The van der Waals surface area contributed by atoms with Crippen molar-refractivity contribution in [3.05, 3.63) is 12.2 Å². The van der Waals surface area contributed by atoms with Gasteiger partial charge in [0.05, 0.1) is 6.54 Å². The fraction of sp³-hybridized carbons (Fsp3) is 0.727.